The highest BCUT2D eigenvalue weighted by atomic mass is 32.2. The summed E-state index contributed by atoms with van der Waals surface area (Å²) in [6.07, 6.45) is -2.63. The maximum absolute atomic E-state index is 12.8. The monoisotopic (exact) mass is 537 g/mol. The van der Waals surface area contributed by atoms with Gasteiger partial charge in [-0.15, -0.1) is 0 Å². The first-order valence-corrected chi connectivity index (χ1v) is 12.8. The molecule has 0 bridgehead atoms. The standard InChI is InChI=1S/C24H24F3N5O4S.H2/c1-17(36-20-6-2-18(3-7-20)24(25,26)27)23(33)32-14-12-31(13-15-32)19-4-8-21(9-5-19)37(34,35)30-22-10-11-28-16-29-22;/h2-11,16-17H,12-15H2,1H3,(H,28,29,30);1H. The normalized spacial score (nSPS) is 15.2. The number of hydrogen-bond acceptors (Lipinski definition) is 7. The second kappa shape index (κ2) is 10.6. The Morgan fingerprint density at radius 3 is 2.24 bits per heavy atom. The zero-order valence-corrected chi connectivity index (χ0v) is 20.5. The van der Waals surface area contributed by atoms with Crippen molar-refractivity contribution in [2.24, 2.45) is 0 Å². The van der Waals surface area contributed by atoms with Crippen LogP contribution in [-0.2, 0) is 21.0 Å². The molecule has 4 rings (SSSR count). The third kappa shape index (κ3) is 6.47. The van der Waals surface area contributed by atoms with Gasteiger partial charge in [-0.3, -0.25) is 9.52 Å². The first-order valence-electron chi connectivity index (χ1n) is 11.3. The van der Waals surface area contributed by atoms with E-state index in [-0.39, 0.29) is 23.8 Å². The predicted octanol–water partition coefficient (Wildman–Crippen LogP) is 3.66. The van der Waals surface area contributed by atoms with E-state index in [4.69, 9.17) is 4.74 Å². The molecule has 0 aliphatic carbocycles. The van der Waals surface area contributed by atoms with Crippen LogP contribution in [0.25, 0.3) is 0 Å². The van der Waals surface area contributed by atoms with Crippen LogP contribution in [0, 0.1) is 0 Å². The van der Waals surface area contributed by atoms with Crippen LogP contribution in [0.4, 0.5) is 24.7 Å². The lowest BCUT2D eigenvalue weighted by molar-refractivity contribution is -0.139. The summed E-state index contributed by atoms with van der Waals surface area (Å²) < 4.78 is 71.2. The van der Waals surface area contributed by atoms with Crippen LogP contribution in [0.15, 0.2) is 72.0 Å². The van der Waals surface area contributed by atoms with Crippen LogP contribution < -0.4 is 14.4 Å². The van der Waals surface area contributed by atoms with Crippen LogP contribution in [0.2, 0.25) is 0 Å². The summed E-state index contributed by atoms with van der Waals surface area (Å²) in [7, 11) is -3.81. The Bertz CT molecular complexity index is 1320. The molecule has 2 aromatic carbocycles. The largest absolute Gasteiger partial charge is 0.481 e. The van der Waals surface area contributed by atoms with Crippen molar-refractivity contribution in [2.45, 2.75) is 24.1 Å². The Morgan fingerprint density at radius 1 is 1.03 bits per heavy atom. The number of carbonyl (C=O) groups excluding carboxylic acids is 1. The summed E-state index contributed by atoms with van der Waals surface area (Å²) in [6.45, 7) is 3.42. The Labute approximate surface area is 213 Å². The first kappa shape index (κ1) is 26.2. The van der Waals surface area contributed by atoms with Crippen molar-refractivity contribution in [2.75, 3.05) is 35.8 Å². The van der Waals surface area contributed by atoms with Gasteiger partial charge in [-0.1, -0.05) is 0 Å². The number of halogens is 3. The highest BCUT2D eigenvalue weighted by molar-refractivity contribution is 7.92. The minimum absolute atomic E-state index is 0. The summed E-state index contributed by atoms with van der Waals surface area (Å²) in [5.41, 5.74) is 0.0183. The first-order chi connectivity index (χ1) is 17.5. The molecule has 2 heterocycles. The number of carbonyl (C=O) groups is 1. The van der Waals surface area contributed by atoms with E-state index >= 15 is 0 Å². The molecule has 1 aromatic heterocycles. The van der Waals surface area contributed by atoms with E-state index in [2.05, 4.69) is 14.7 Å². The van der Waals surface area contributed by atoms with Crippen LogP contribution in [0.1, 0.15) is 13.9 Å². The molecule has 13 heteroatoms. The third-order valence-electron chi connectivity index (χ3n) is 5.77. The SMILES string of the molecule is CC(Oc1ccc(C(F)(F)F)cc1)C(=O)N1CCN(c2ccc(S(=O)(=O)Nc3ccncn3)cc2)CC1.[HH]. The quantitative estimate of drug-likeness (QED) is 0.491. The van der Waals surface area contributed by atoms with Gasteiger partial charge in [-0.25, -0.2) is 18.4 Å². The van der Waals surface area contributed by atoms with Crippen molar-refractivity contribution in [3.8, 4) is 5.75 Å². The van der Waals surface area contributed by atoms with E-state index in [1.54, 1.807) is 24.0 Å². The van der Waals surface area contributed by atoms with Gasteiger partial charge >= 0.3 is 6.18 Å². The number of hydrogen-bond donors (Lipinski definition) is 1. The summed E-state index contributed by atoms with van der Waals surface area (Å²) >= 11 is 0. The average molecular weight is 538 g/mol. The molecule has 1 amide bonds. The van der Waals surface area contributed by atoms with Gasteiger partial charge in [0, 0.05) is 39.5 Å². The number of benzene rings is 2. The minimum atomic E-state index is -4.44. The van der Waals surface area contributed by atoms with E-state index in [9.17, 15) is 26.4 Å². The molecule has 0 radical (unpaired) electrons. The fourth-order valence-electron chi connectivity index (χ4n) is 3.80. The third-order valence-corrected chi connectivity index (χ3v) is 7.14. The average Bonchev–Trinajstić information content (AvgIpc) is 2.88. The lowest BCUT2D eigenvalue weighted by atomic mass is 10.2. The molecular formula is C24H26F3N5O4S. The molecule has 1 aliphatic heterocycles. The molecule has 1 aliphatic rings. The van der Waals surface area contributed by atoms with Crippen LogP contribution >= 0.6 is 0 Å². The molecule has 0 spiro atoms. The molecule has 1 fully saturated rings. The van der Waals surface area contributed by atoms with Crippen LogP contribution in [-0.4, -0.2) is 61.5 Å². The fraction of sp³-hybridized carbons (Fsp3) is 0.292. The highest BCUT2D eigenvalue weighted by Crippen LogP contribution is 2.30. The van der Waals surface area contributed by atoms with Crippen LogP contribution in [0.3, 0.4) is 0 Å². The predicted molar refractivity (Wildman–Crippen MR) is 132 cm³/mol. The van der Waals surface area contributed by atoms with Gasteiger partial charge in [0.25, 0.3) is 15.9 Å². The lowest BCUT2D eigenvalue weighted by Crippen LogP contribution is -2.52. The van der Waals surface area contributed by atoms with Crippen molar-refractivity contribution in [3.63, 3.8) is 0 Å². The molecule has 1 saturated heterocycles. The number of nitrogens with one attached hydrogen (secondary N) is 1. The van der Waals surface area contributed by atoms with Crippen molar-refractivity contribution in [1.82, 2.24) is 14.9 Å². The summed E-state index contributed by atoms with van der Waals surface area (Å²) in [4.78, 5) is 24.1. The molecule has 1 atom stereocenters. The topological polar surface area (TPSA) is 105 Å². The summed E-state index contributed by atoms with van der Waals surface area (Å²) in [5.74, 6) is 0.0740. The van der Waals surface area contributed by atoms with Gasteiger partial charge in [0.05, 0.1) is 10.5 Å². The zero-order chi connectivity index (χ0) is 26.6. The Hall–Kier alpha value is -3.87. The maximum Gasteiger partial charge on any atom is 0.416 e. The summed E-state index contributed by atoms with van der Waals surface area (Å²) in [6, 6.07) is 12.0. The number of aromatic nitrogens is 2. The number of amides is 1. The molecule has 0 saturated carbocycles. The molecule has 3 aromatic rings. The number of anilines is 2. The van der Waals surface area contributed by atoms with E-state index in [0.29, 0.717) is 26.2 Å². The van der Waals surface area contributed by atoms with E-state index in [1.165, 1.54) is 42.9 Å². The van der Waals surface area contributed by atoms with E-state index < -0.39 is 27.9 Å². The van der Waals surface area contributed by atoms with Gasteiger partial charge in [-0.05, 0) is 61.5 Å². The molecule has 1 unspecified atom stereocenters. The van der Waals surface area contributed by atoms with E-state index in [0.717, 1.165) is 17.8 Å². The smallest absolute Gasteiger partial charge is 0.416 e. The number of ether oxygens (including phenoxy) is 1. The Balaban J connectivity index is 0.00000400. The van der Waals surface area contributed by atoms with Crippen molar-refractivity contribution in [3.05, 3.63) is 72.7 Å². The number of piperazine rings is 1. The van der Waals surface area contributed by atoms with Gasteiger partial charge in [0.1, 0.15) is 17.9 Å². The molecule has 198 valence electrons. The van der Waals surface area contributed by atoms with Crippen LogP contribution in [0.5, 0.6) is 5.75 Å². The second-order valence-corrected chi connectivity index (χ2v) is 9.97. The minimum Gasteiger partial charge on any atom is -0.481 e. The zero-order valence-electron chi connectivity index (χ0n) is 19.7. The molecule has 9 nitrogen and oxygen atoms in total. The van der Waals surface area contributed by atoms with Crippen molar-refractivity contribution >= 4 is 27.4 Å². The molecule has 37 heavy (non-hydrogen) atoms. The van der Waals surface area contributed by atoms with Gasteiger partial charge in [0.15, 0.2) is 6.10 Å². The van der Waals surface area contributed by atoms with Gasteiger partial charge in [0.2, 0.25) is 0 Å². The van der Waals surface area contributed by atoms with Crippen molar-refractivity contribution < 1.29 is 32.5 Å². The number of alkyl halides is 3. The Morgan fingerprint density at radius 2 is 1.68 bits per heavy atom. The molecular weight excluding hydrogens is 511 g/mol. The fourth-order valence-corrected chi connectivity index (χ4v) is 4.81. The number of sulfonamides is 1. The molecule has 1 N–H and O–H groups in total. The number of rotatable bonds is 7. The van der Waals surface area contributed by atoms with Gasteiger partial charge < -0.3 is 14.5 Å². The maximum atomic E-state index is 12.8. The highest BCUT2D eigenvalue weighted by Gasteiger charge is 2.31. The second-order valence-electron chi connectivity index (χ2n) is 8.29. The number of nitrogens with zero attached hydrogens (tertiary/aromatic N) is 4. The Kier molecular flexibility index (Phi) is 7.52. The van der Waals surface area contributed by atoms with Gasteiger partial charge in [-0.2, -0.15) is 13.2 Å². The summed E-state index contributed by atoms with van der Waals surface area (Å²) in [5, 5.41) is 0. The lowest BCUT2D eigenvalue weighted by Gasteiger charge is -2.37. The van der Waals surface area contributed by atoms with E-state index in [1.807, 2.05) is 4.90 Å². The van der Waals surface area contributed by atoms with Crippen molar-refractivity contribution in [1.29, 1.82) is 0 Å².